The molecule has 1 saturated heterocycles. The fourth-order valence-corrected chi connectivity index (χ4v) is 3.32. The molecule has 0 aliphatic carbocycles. The number of rotatable bonds is 8. The predicted molar refractivity (Wildman–Crippen MR) is 127 cm³/mol. The minimum Gasteiger partial charge on any atom is -0.379 e. The third-order valence-electron chi connectivity index (χ3n) is 4.80. The molecule has 0 saturated carbocycles. The zero-order chi connectivity index (χ0) is 19.7. The Morgan fingerprint density at radius 3 is 2.64 bits per heavy atom. The van der Waals surface area contributed by atoms with Gasteiger partial charge in [0.05, 0.1) is 25.9 Å². The molecule has 2 N–H and O–H groups in total. The van der Waals surface area contributed by atoms with Crippen molar-refractivity contribution in [2.24, 2.45) is 4.99 Å². The quantitative estimate of drug-likeness (QED) is 0.310. The molecule has 0 radical (unpaired) electrons. The summed E-state index contributed by atoms with van der Waals surface area (Å²) in [5.74, 6) is 0.794. The largest absolute Gasteiger partial charge is 0.379 e. The molecule has 1 aromatic rings. The molecular weight excluding hydrogens is 491 g/mol. The molecule has 0 amide bonds. The fraction of sp³-hybridized carbons (Fsp3) is 0.650. The van der Waals surface area contributed by atoms with Crippen molar-refractivity contribution in [3.05, 3.63) is 34.9 Å². The average molecular weight is 525 g/mol. The monoisotopic (exact) mass is 524 g/mol. The van der Waals surface area contributed by atoms with Crippen LogP contribution in [0.25, 0.3) is 0 Å². The number of nitrogens with one attached hydrogen (secondary N) is 2. The van der Waals surface area contributed by atoms with Gasteiger partial charge in [-0.15, -0.1) is 24.0 Å². The molecule has 1 aliphatic rings. The van der Waals surface area contributed by atoms with Gasteiger partial charge in [0.25, 0.3) is 0 Å². The van der Waals surface area contributed by atoms with Gasteiger partial charge in [-0.3, -0.25) is 9.89 Å². The number of nitrogens with zero attached hydrogens (tertiary/aromatic N) is 2. The molecule has 160 valence electrons. The van der Waals surface area contributed by atoms with Crippen LogP contribution in [0.5, 0.6) is 0 Å². The van der Waals surface area contributed by atoms with Crippen molar-refractivity contribution < 1.29 is 9.47 Å². The van der Waals surface area contributed by atoms with Gasteiger partial charge >= 0.3 is 0 Å². The normalized spacial score (nSPS) is 17.0. The first-order valence-electron chi connectivity index (χ1n) is 9.59. The minimum absolute atomic E-state index is 0. The van der Waals surface area contributed by atoms with Crippen molar-refractivity contribution in [3.8, 4) is 0 Å². The highest BCUT2D eigenvalue weighted by Crippen LogP contribution is 2.20. The number of aliphatic imine (C=N–C) groups is 1. The van der Waals surface area contributed by atoms with Gasteiger partial charge in [0.1, 0.15) is 0 Å². The molecule has 0 bridgehead atoms. The Morgan fingerprint density at radius 1 is 1.32 bits per heavy atom. The molecule has 6 nitrogen and oxygen atoms in total. The molecule has 1 aliphatic heterocycles. The summed E-state index contributed by atoms with van der Waals surface area (Å²) in [6.07, 6.45) is -0.0974. The van der Waals surface area contributed by atoms with Crippen molar-refractivity contribution in [2.45, 2.75) is 32.4 Å². The maximum atomic E-state index is 6.11. The molecule has 1 fully saturated rings. The van der Waals surface area contributed by atoms with Crippen LogP contribution < -0.4 is 10.6 Å². The van der Waals surface area contributed by atoms with Crippen LogP contribution in [0.4, 0.5) is 0 Å². The van der Waals surface area contributed by atoms with Gasteiger partial charge in [-0.25, -0.2) is 0 Å². The van der Waals surface area contributed by atoms with E-state index < -0.39 is 0 Å². The first kappa shape index (κ1) is 25.4. The van der Waals surface area contributed by atoms with Gasteiger partial charge in [0, 0.05) is 43.9 Å². The zero-order valence-corrected chi connectivity index (χ0v) is 20.4. The Kier molecular flexibility index (Phi) is 11.7. The van der Waals surface area contributed by atoms with E-state index >= 15 is 0 Å². The zero-order valence-electron chi connectivity index (χ0n) is 17.3. The lowest BCUT2D eigenvalue weighted by atomic mass is 10.0. The van der Waals surface area contributed by atoms with E-state index in [2.05, 4.69) is 36.3 Å². The average Bonchev–Trinajstić information content (AvgIpc) is 2.67. The van der Waals surface area contributed by atoms with Crippen LogP contribution in [0, 0.1) is 0 Å². The van der Waals surface area contributed by atoms with Gasteiger partial charge < -0.3 is 20.1 Å². The summed E-state index contributed by atoms with van der Waals surface area (Å²) in [6.45, 7) is 12.1. The minimum atomic E-state index is -0.0974. The van der Waals surface area contributed by atoms with E-state index in [1.54, 1.807) is 7.11 Å². The Labute approximate surface area is 191 Å². The molecule has 0 aromatic heterocycles. The van der Waals surface area contributed by atoms with Gasteiger partial charge in [-0.05, 0) is 38.5 Å². The van der Waals surface area contributed by atoms with Crippen molar-refractivity contribution in [2.75, 3.05) is 53.0 Å². The van der Waals surface area contributed by atoms with E-state index in [-0.39, 0.29) is 35.6 Å². The smallest absolute Gasteiger partial charge is 0.191 e. The lowest BCUT2D eigenvalue weighted by molar-refractivity contribution is -0.00684. The lowest BCUT2D eigenvalue weighted by Gasteiger charge is -2.40. The topological polar surface area (TPSA) is 58.1 Å². The summed E-state index contributed by atoms with van der Waals surface area (Å²) < 4.78 is 11.1. The number of ether oxygens (including phenoxy) is 2. The highest BCUT2D eigenvalue weighted by Gasteiger charge is 2.28. The summed E-state index contributed by atoms with van der Waals surface area (Å²) in [5, 5.41) is 7.42. The van der Waals surface area contributed by atoms with Crippen molar-refractivity contribution >= 4 is 41.5 Å². The molecular formula is C20H34ClIN4O2. The Balaban J connectivity index is 0.00000392. The van der Waals surface area contributed by atoms with Gasteiger partial charge in [0.15, 0.2) is 5.96 Å². The predicted octanol–water partition coefficient (Wildman–Crippen LogP) is 3.31. The number of benzene rings is 1. The van der Waals surface area contributed by atoms with Crippen LogP contribution >= 0.6 is 35.6 Å². The Hall–Kier alpha value is -0.610. The van der Waals surface area contributed by atoms with E-state index in [0.717, 1.165) is 44.4 Å². The first-order valence-corrected chi connectivity index (χ1v) is 9.97. The van der Waals surface area contributed by atoms with Gasteiger partial charge in [-0.2, -0.15) is 0 Å². The van der Waals surface area contributed by atoms with Gasteiger partial charge in [-0.1, -0.05) is 23.7 Å². The van der Waals surface area contributed by atoms with Crippen LogP contribution in [0.3, 0.4) is 0 Å². The fourth-order valence-electron chi connectivity index (χ4n) is 3.12. The Morgan fingerprint density at radius 2 is 2.04 bits per heavy atom. The summed E-state index contributed by atoms with van der Waals surface area (Å²) in [4.78, 5) is 7.25. The molecule has 1 unspecified atom stereocenters. The second-order valence-corrected chi connectivity index (χ2v) is 7.70. The van der Waals surface area contributed by atoms with Crippen LogP contribution in [0.1, 0.15) is 32.4 Å². The number of morpholine rings is 1. The maximum absolute atomic E-state index is 6.11. The summed E-state index contributed by atoms with van der Waals surface area (Å²) in [5.41, 5.74) is 1.03. The van der Waals surface area contributed by atoms with Crippen LogP contribution in [0.15, 0.2) is 29.3 Å². The second-order valence-electron chi connectivity index (χ2n) is 7.27. The lowest BCUT2D eigenvalue weighted by Crippen LogP contribution is -2.52. The summed E-state index contributed by atoms with van der Waals surface area (Å²) in [7, 11) is 1.71. The number of hydrogen-bond acceptors (Lipinski definition) is 4. The van der Waals surface area contributed by atoms with E-state index in [9.17, 15) is 0 Å². The van der Waals surface area contributed by atoms with Crippen LogP contribution in [0.2, 0.25) is 5.02 Å². The van der Waals surface area contributed by atoms with E-state index in [1.807, 2.05) is 24.3 Å². The van der Waals surface area contributed by atoms with E-state index in [1.165, 1.54) is 0 Å². The Bertz CT molecular complexity index is 610. The van der Waals surface area contributed by atoms with Crippen LogP contribution in [-0.2, 0) is 9.47 Å². The molecule has 1 atom stereocenters. The molecule has 2 rings (SSSR count). The molecule has 8 heteroatoms. The molecule has 28 heavy (non-hydrogen) atoms. The molecule has 0 spiro atoms. The first-order chi connectivity index (χ1) is 13.0. The third kappa shape index (κ3) is 8.02. The van der Waals surface area contributed by atoms with Crippen LogP contribution in [-0.4, -0.2) is 69.4 Å². The van der Waals surface area contributed by atoms with Crippen molar-refractivity contribution in [3.63, 3.8) is 0 Å². The van der Waals surface area contributed by atoms with E-state index in [4.69, 9.17) is 26.1 Å². The second kappa shape index (κ2) is 12.8. The van der Waals surface area contributed by atoms with E-state index in [0.29, 0.717) is 18.1 Å². The summed E-state index contributed by atoms with van der Waals surface area (Å²) >= 11 is 6.11. The number of guanidine groups is 1. The number of hydrogen-bond donors (Lipinski definition) is 2. The van der Waals surface area contributed by atoms with Gasteiger partial charge in [0.2, 0.25) is 0 Å². The third-order valence-corrected chi connectivity index (χ3v) is 5.03. The maximum Gasteiger partial charge on any atom is 0.191 e. The molecule has 1 heterocycles. The van der Waals surface area contributed by atoms with Crippen molar-refractivity contribution in [1.29, 1.82) is 0 Å². The number of halogens is 2. The molecule has 1 aromatic carbocycles. The highest BCUT2D eigenvalue weighted by molar-refractivity contribution is 14.0. The SMILES string of the molecule is CCNC(=NCC(C)(C)N1CCOCC1)NCC(OC)c1cccc(Cl)c1.I. The summed E-state index contributed by atoms with van der Waals surface area (Å²) in [6, 6.07) is 7.76. The standard InChI is InChI=1S/C20H33ClN4O2.HI/c1-5-22-19(24-15-20(2,3)25-9-11-27-12-10-25)23-14-18(26-4)16-7-6-8-17(21)13-16;/h6-8,13,18H,5,9-12,14-15H2,1-4H3,(H2,22,23,24);1H. The highest BCUT2D eigenvalue weighted by atomic mass is 127. The number of methoxy groups -OCH3 is 1. The van der Waals surface area contributed by atoms with Crippen molar-refractivity contribution in [1.82, 2.24) is 15.5 Å².